The van der Waals surface area contributed by atoms with Crippen LogP contribution in [0.25, 0.3) is 0 Å². The molecule has 0 aromatic rings. The van der Waals surface area contributed by atoms with Crippen LogP contribution in [0, 0.1) is 6.42 Å². The van der Waals surface area contributed by atoms with E-state index in [-0.39, 0.29) is 0 Å². The summed E-state index contributed by atoms with van der Waals surface area (Å²) in [7, 11) is 0. The van der Waals surface area contributed by atoms with Crippen LogP contribution >= 0.6 is 0 Å². The van der Waals surface area contributed by atoms with Crippen LogP contribution in [0.3, 0.4) is 0 Å². The average molecular weight is 115 g/mol. The highest BCUT2D eigenvalue weighted by atomic mass is 19.1. The molecule has 1 heteroatoms. The van der Waals surface area contributed by atoms with Crippen molar-refractivity contribution in [1.82, 2.24) is 0 Å². The van der Waals surface area contributed by atoms with Gasteiger partial charge in [-0.1, -0.05) is 12.8 Å². The number of rotatable bonds is 0. The second kappa shape index (κ2) is 3.06. The molecule has 1 rings (SSSR count). The van der Waals surface area contributed by atoms with Gasteiger partial charge in [-0.15, -0.1) is 0 Å². The van der Waals surface area contributed by atoms with Crippen LogP contribution in [0.5, 0.6) is 0 Å². The minimum absolute atomic E-state index is 0.506. The smallest absolute Gasteiger partial charge is 0.100 e. The van der Waals surface area contributed by atoms with E-state index >= 15 is 0 Å². The number of hydrogen-bond acceptors (Lipinski definition) is 0. The second-order valence-electron chi connectivity index (χ2n) is 2.39. The molecular weight excluding hydrogens is 103 g/mol. The van der Waals surface area contributed by atoms with E-state index in [0.29, 0.717) is 0 Å². The predicted molar refractivity (Wildman–Crippen MR) is 32.3 cm³/mol. The van der Waals surface area contributed by atoms with Crippen molar-refractivity contribution in [1.29, 1.82) is 0 Å². The third-order valence-electron chi connectivity index (χ3n) is 1.61. The molecule has 1 atom stereocenters. The summed E-state index contributed by atoms with van der Waals surface area (Å²) >= 11 is 0. The molecule has 0 N–H and O–H groups in total. The van der Waals surface area contributed by atoms with Gasteiger partial charge in [-0.05, 0) is 25.7 Å². The molecular formula is C7H12F. The Hall–Kier alpha value is -0.0700. The van der Waals surface area contributed by atoms with Gasteiger partial charge < -0.3 is 0 Å². The minimum Gasteiger partial charge on any atom is -0.247 e. The van der Waals surface area contributed by atoms with Crippen molar-refractivity contribution in [2.75, 3.05) is 0 Å². The summed E-state index contributed by atoms with van der Waals surface area (Å²) in [6.45, 7) is 0. The molecule has 1 fully saturated rings. The van der Waals surface area contributed by atoms with Crippen LogP contribution in [0.4, 0.5) is 4.39 Å². The van der Waals surface area contributed by atoms with Crippen LogP contribution in [0.2, 0.25) is 0 Å². The van der Waals surface area contributed by atoms with E-state index in [1.165, 1.54) is 0 Å². The zero-order valence-electron chi connectivity index (χ0n) is 5.07. The van der Waals surface area contributed by atoms with Crippen molar-refractivity contribution in [3.8, 4) is 0 Å². The Morgan fingerprint density at radius 3 is 3.00 bits per heavy atom. The number of halogens is 1. The minimum atomic E-state index is -0.506. The fraction of sp³-hybridized carbons (Fsp3) is 0.857. The topological polar surface area (TPSA) is 0 Å². The van der Waals surface area contributed by atoms with Crippen LogP contribution in [-0.2, 0) is 0 Å². The third kappa shape index (κ3) is 1.81. The molecule has 0 amide bonds. The van der Waals surface area contributed by atoms with E-state index in [1.807, 2.05) is 0 Å². The van der Waals surface area contributed by atoms with E-state index in [9.17, 15) is 4.39 Å². The van der Waals surface area contributed by atoms with Crippen LogP contribution in [0.1, 0.15) is 32.1 Å². The van der Waals surface area contributed by atoms with Gasteiger partial charge in [0.1, 0.15) is 6.17 Å². The molecule has 0 aromatic heterocycles. The Bertz CT molecular complexity index is 53.4. The monoisotopic (exact) mass is 115 g/mol. The van der Waals surface area contributed by atoms with Crippen molar-refractivity contribution in [3.05, 3.63) is 6.42 Å². The lowest BCUT2D eigenvalue weighted by Crippen LogP contribution is -1.94. The molecule has 1 aliphatic carbocycles. The van der Waals surface area contributed by atoms with Crippen LogP contribution < -0.4 is 0 Å². The maximum atomic E-state index is 12.4. The van der Waals surface area contributed by atoms with Gasteiger partial charge in [0.25, 0.3) is 0 Å². The van der Waals surface area contributed by atoms with Crippen LogP contribution in [0.15, 0.2) is 0 Å². The first-order valence-electron chi connectivity index (χ1n) is 3.35. The molecule has 0 saturated heterocycles. The third-order valence-corrected chi connectivity index (χ3v) is 1.61. The lowest BCUT2D eigenvalue weighted by Gasteiger charge is -1.98. The molecule has 1 aliphatic rings. The van der Waals surface area contributed by atoms with Crippen molar-refractivity contribution in [2.24, 2.45) is 0 Å². The first-order chi connectivity index (χ1) is 3.89. The zero-order chi connectivity index (χ0) is 5.82. The van der Waals surface area contributed by atoms with Crippen molar-refractivity contribution in [2.45, 2.75) is 38.3 Å². The van der Waals surface area contributed by atoms with Gasteiger partial charge in [0.05, 0.1) is 0 Å². The van der Waals surface area contributed by atoms with E-state index in [4.69, 9.17) is 0 Å². The Kier molecular flexibility index (Phi) is 2.31. The zero-order valence-corrected chi connectivity index (χ0v) is 5.07. The van der Waals surface area contributed by atoms with Gasteiger partial charge in [0.2, 0.25) is 0 Å². The van der Waals surface area contributed by atoms with Gasteiger partial charge in [0.15, 0.2) is 0 Å². The second-order valence-corrected chi connectivity index (χ2v) is 2.39. The van der Waals surface area contributed by atoms with E-state index < -0.39 is 6.17 Å². The van der Waals surface area contributed by atoms with E-state index in [1.54, 1.807) is 0 Å². The first-order valence-corrected chi connectivity index (χ1v) is 3.35. The standard InChI is InChI=1S/C7H12F/c8-7-5-3-1-2-4-6-7/h1,7H,2-6H2. The maximum Gasteiger partial charge on any atom is 0.100 e. The summed E-state index contributed by atoms with van der Waals surface area (Å²) in [6, 6.07) is 0. The Morgan fingerprint density at radius 2 is 2.12 bits per heavy atom. The van der Waals surface area contributed by atoms with Crippen molar-refractivity contribution in [3.63, 3.8) is 0 Å². The normalized spacial score (nSPS) is 25.1. The van der Waals surface area contributed by atoms with Gasteiger partial charge in [-0.3, -0.25) is 0 Å². The van der Waals surface area contributed by atoms with Crippen LogP contribution in [-0.4, -0.2) is 6.17 Å². The molecule has 1 radical (unpaired) electrons. The maximum absolute atomic E-state index is 12.4. The van der Waals surface area contributed by atoms with Crippen molar-refractivity contribution < 1.29 is 4.39 Å². The van der Waals surface area contributed by atoms with Gasteiger partial charge >= 0.3 is 0 Å². The molecule has 0 nitrogen and oxygen atoms in total. The Morgan fingerprint density at radius 1 is 1.25 bits per heavy atom. The molecule has 0 aliphatic heterocycles. The summed E-state index contributed by atoms with van der Waals surface area (Å²) in [4.78, 5) is 0. The summed E-state index contributed by atoms with van der Waals surface area (Å²) < 4.78 is 12.4. The van der Waals surface area contributed by atoms with Gasteiger partial charge in [-0.25, -0.2) is 4.39 Å². The molecule has 1 unspecified atom stereocenters. The van der Waals surface area contributed by atoms with E-state index in [0.717, 1.165) is 32.1 Å². The Labute approximate surface area is 50.1 Å². The SMILES string of the molecule is FC1CC[CH]CCC1. The summed E-state index contributed by atoms with van der Waals surface area (Å²) in [5.74, 6) is 0. The molecule has 0 spiro atoms. The lowest BCUT2D eigenvalue weighted by atomic mass is 10.2. The summed E-state index contributed by atoms with van der Waals surface area (Å²) in [6.07, 6.45) is 6.41. The highest BCUT2D eigenvalue weighted by Crippen LogP contribution is 2.18. The lowest BCUT2D eigenvalue weighted by molar-refractivity contribution is 0.302. The molecule has 0 bridgehead atoms. The predicted octanol–water partition coefficient (Wildman–Crippen LogP) is 2.49. The summed E-state index contributed by atoms with van der Waals surface area (Å²) in [5.41, 5.74) is 0. The highest BCUT2D eigenvalue weighted by Gasteiger charge is 2.08. The fourth-order valence-electron chi connectivity index (χ4n) is 1.07. The average Bonchev–Trinajstić information content (AvgIpc) is 1.94. The Balaban J connectivity index is 2.17. The van der Waals surface area contributed by atoms with Crippen molar-refractivity contribution >= 4 is 0 Å². The van der Waals surface area contributed by atoms with Gasteiger partial charge in [-0.2, -0.15) is 0 Å². The summed E-state index contributed by atoms with van der Waals surface area (Å²) in [5, 5.41) is 0. The molecule has 0 heterocycles. The van der Waals surface area contributed by atoms with Gasteiger partial charge in [0, 0.05) is 0 Å². The molecule has 47 valence electrons. The van der Waals surface area contributed by atoms with E-state index in [2.05, 4.69) is 6.42 Å². The number of hydrogen-bond donors (Lipinski definition) is 0. The number of alkyl halides is 1. The first kappa shape index (κ1) is 6.06. The quantitative estimate of drug-likeness (QED) is 0.425. The largest absolute Gasteiger partial charge is 0.247 e. The molecule has 1 saturated carbocycles. The molecule has 8 heavy (non-hydrogen) atoms. The highest BCUT2D eigenvalue weighted by molar-refractivity contribution is 4.73. The fourth-order valence-corrected chi connectivity index (χ4v) is 1.07. The molecule has 0 aromatic carbocycles.